The maximum absolute atomic E-state index is 12.7. The van der Waals surface area contributed by atoms with Crippen LogP contribution < -0.4 is 15.4 Å². The Morgan fingerprint density at radius 2 is 1.79 bits per heavy atom. The third-order valence-electron chi connectivity index (χ3n) is 4.40. The average molecular weight is 396 g/mol. The minimum atomic E-state index is -0.390. The van der Waals surface area contributed by atoms with E-state index in [0.717, 1.165) is 11.0 Å². The Bertz CT molecular complexity index is 998. The number of carbonyl (C=O) groups excluding carboxylic acids is 2. The fourth-order valence-corrected chi connectivity index (χ4v) is 3.09. The number of fused-ring (bicyclic) bond motifs is 1. The number of para-hydroxylation sites is 2. The molecular weight excluding hydrogens is 372 g/mol. The second kappa shape index (κ2) is 9.20. The largest absolute Gasteiger partial charge is 0.497 e. The molecule has 2 amide bonds. The van der Waals surface area contributed by atoms with Gasteiger partial charge < -0.3 is 24.7 Å². The van der Waals surface area contributed by atoms with E-state index in [2.05, 4.69) is 15.6 Å². The topological polar surface area (TPSA) is 94.5 Å². The van der Waals surface area contributed by atoms with Gasteiger partial charge in [0.1, 0.15) is 24.7 Å². The van der Waals surface area contributed by atoms with Crippen LogP contribution in [0.1, 0.15) is 18.8 Å². The van der Waals surface area contributed by atoms with Crippen LogP contribution in [0.2, 0.25) is 0 Å². The van der Waals surface area contributed by atoms with E-state index >= 15 is 0 Å². The number of imidazole rings is 1. The highest BCUT2D eigenvalue weighted by atomic mass is 16.5. The number of carbonyl (C=O) groups is 2. The molecule has 1 heterocycles. The molecule has 1 unspecified atom stereocenters. The van der Waals surface area contributed by atoms with Gasteiger partial charge in [-0.2, -0.15) is 0 Å². The maximum atomic E-state index is 12.7. The Labute approximate surface area is 168 Å². The number of hydrogen-bond acceptors (Lipinski definition) is 5. The van der Waals surface area contributed by atoms with Gasteiger partial charge in [0, 0.05) is 12.8 Å². The average Bonchev–Trinajstić information content (AvgIpc) is 3.07. The predicted octanol–water partition coefficient (Wildman–Crippen LogP) is 2.51. The van der Waals surface area contributed by atoms with E-state index in [-0.39, 0.29) is 31.0 Å². The highest BCUT2D eigenvalue weighted by molar-refractivity contribution is 5.91. The second-order valence-corrected chi connectivity index (χ2v) is 6.54. The molecule has 152 valence electrons. The minimum Gasteiger partial charge on any atom is -0.497 e. The van der Waals surface area contributed by atoms with Gasteiger partial charge in [-0.3, -0.25) is 9.59 Å². The molecule has 0 saturated carbocycles. The van der Waals surface area contributed by atoms with Gasteiger partial charge in [0.05, 0.1) is 24.2 Å². The first-order valence-electron chi connectivity index (χ1n) is 9.19. The standard InChI is InChI=1S/C21H24N4O4/c1-14(22-20(27)13-28-2)21-24-17-6-4-5-7-18(17)25(21)12-19(26)23-15-8-10-16(29-3)11-9-15/h4-11,14H,12-13H2,1-3H3,(H,22,27)(H,23,26). The van der Waals surface area contributed by atoms with Gasteiger partial charge in [0.25, 0.3) is 0 Å². The molecule has 2 aromatic carbocycles. The van der Waals surface area contributed by atoms with Crippen molar-refractivity contribution in [2.75, 3.05) is 26.1 Å². The first-order valence-corrected chi connectivity index (χ1v) is 9.19. The summed E-state index contributed by atoms with van der Waals surface area (Å²) in [7, 11) is 3.05. The number of nitrogens with zero attached hydrogens (tertiary/aromatic N) is 2. The molecule has 0 fully saturated rings. The van der Waals surface area contributed by atoms with Gasteiger partial charge in [-0.25, -0.2) is 4.98 Å². The molecule has 0 saturated heterocycles. The normalized spacial score (nSPS) is 11.8. The van der Waals surface area contributed by atoms with Crippen LogP contribution in [0.4, 0.5) is 5.69 Å². The van der Waals surface area contributed by atoms with Gasteiger partial charge in [0.15, 0.2) is 0 Å². The zero-order valence-corrected chi connectivity index (χ0v) is 16.6. The summed E-state index contributed by atoms with van der Waals surface area (Å²) in [6.45, 7) is 1.85. The van der Waals surface area contributed by atoms with Crippen molar-refractivity contribution in [3.05, 3.63) is 54.4 Å². The molecule has 3 aromatic rings. The smallest absolute Gasteiger partial charge is 0.246 e. The Hall–Kier alpha value is -3.39. The number of methoxy groups -OCH3 is 2. The van der Waals surface area contributed by atoms with E-state index < -0.39 is 0 Å². The Kier molecular flexibility index (Phi) is 6.46. The van der Waals surface area contributed by atoms with Crippen LogP contribution in [0.25, 0.3) is 11.0 Å². The van der Waals surface area contributed by atoms with Crippen molar-refractivity contribution < 1.29 is 19.1 Å². The van der Waals surface area contributed by atoms with Crippen molar-refractivity contribution in [2.45, 2.75) is 19.5 Å². The number of benzene rings is 2. The number of amides is 2. The molecule has 0 aliphatic rings. The van der Waals surface area contributed by atoms with Crippen LogP contribution >= 0.6 is 0 Å². The van der Waals surface area contributed by atoms with Crippen molar-refractivity contribution in [3.8, 4) is 5.75 Å². The number of aromatic nitrogens is 2. The summed E-state index contributed by atoms with van der Waals surface area (Å²) < 4.78 is 11.8. The first kappa shape index (κ1) is 20.3. The molecule has 0 aliphatic carbocycles. The monoisotopic (exact) mass is 396 g/mol. The molecule has 0 bridgehead atoms. The summed E-state index contributed by atoms with van der Waals surface area (Å²) >= 11 is 0. The van der Waals surface area contributed by atoms with Crippen molar-refractivity contribution in [2.24, 2.45) is 0 Å². The van der Waals surface area contributed by atoms with E-state index in [0.29, 0.717) is 17.3 Å². The zero-order valence-electron chi connectivity index (χ0n) is 16.6. The lowest BCUT2D eigenvalue weighted by atomic mass is 10.3. The van der Waals surface area contributed by atoms with Crippen LogP contribution in [0.5, 0.6) is 5.75 Å². The van der Waals surface area contributed by atoms with Gasteiger partial charge in [0.2, 0.25) is 11.8 Å². The highest BCUT2D eigenvalue weighted by Gasteiger charge is 2.20. The summed E-state index contributed by atoms with van der Waals surface area (Å²) in [4.78, 5) is 29.2. The van der Waals surface area contributed by atoms with Crippen LogP contribution in [0.3, 0.4) is 0 Å². The summed E-state index contributed by atoms with van der Waals surface area (Å²) in [5.41, 5.74) is 2.25. The van der Waals surface area contributed by atoms with Crippen molar-refractivity contribution in [1.82, 2.24) is 14.9 Å². The van der Waals surface area contributed by atoms with Gasteiger partial charge >= 0.3 is 0 Å². The fourth-order valence-electron chi connectivity index (χ4n) is 3.09. The molecule has 1 aromatic heterocycles. The zero-order chi connectivity index (χ0) is 20.8. The van der Waals surface area contributed by atoms with Crippen LogP contribution in [0, 0.1) is 0 Å². The summed E-state index contributed by atoms with van der Waals surface area (Å²) in [6.07, 6.45) is 0. The Morgan fingerprint density at radius 1 is 1.07 bits per heavy atom. The molecule has 1 atom stereocenters. The molecule has 0 radical (unpaired) electrons. The van der Waals surface area contributed by atoms with Crippen molar-refractivity contribution in [3.63, 3.8) is 0 Å². The molecule has 8 nitrogen and oxygen atoms in total. The van der Waals surface area contributed by atoms with Gasteiger partial charge in [-0.15, -0.1) is 0 Å². The Balaban J connectivity index is 1.82. The van der Waals surface area contributed by atoms with E-state index in [1.807, 2.05) is 35.8 Å². The lowest BCUT2D eigenvalue weighted by Gasteiger charge is -2.16. The van der Waals surface area contributed by atoms with Gasteiger partial charge in [-0.05, 0) is 43.3 Å². The van der Waals surface area contributed by atoms with Crippen LogP contribution in [-0.2, 0) is 20.9 Å². The number of hydrogen-bond donors (Lipinski definition) is 2. The third-order valence-corrected chi connectivity index (χ3v) is 4.40. The number of nitrogens with one attached hydrogen (secondary N) is 2. The maximum Gasteiger partial charge on any atom is 0.246 e. The van der Waals surface area contributed by atoms with Crippen LogP contribution in [-0.4, -0.2) is 42.2 Å². The Morgan fingerprint density at radius 3 is 2.48 bits per heavy atom. The number of rotatable bonds is 8. The fraction of sp³-hybridized carbons (Fsp3) is 0.286. The highest BCUT2D eigenvalue weighted by Crippen LogP contribution is 2.21. The predicted molar refractivity (Wildman–Crippen MR) is 110 cm³/mol. The first-order chi connectivity index (χ1) is 14.0. The molecule has 3 rings (SSSR count). The van der Waals surface area contributed by atoms with Crippen LogP contribution in [0.15, 0.2) is 48.5 Å². The van der Waals surface area contributed by atoms with E-state index in [9.17, 15) is 9.59 Å². The third kappa shape index (κ3) is 4.91. The molecule has 0 spiro atoms. The van der Waals surface area contributed by atoms with Gasteiger partial charge in [-0.1, -0.05) is 12.1 Å². The molecule has 2 N–H and O–H groups in total. The lowest BCUT2D eigenvalue weighted by molar-refractivity contribution is -0.125. The SMILES string of the molecule is COCC(=O)NC(C)c1nc2ccccc2n1CC(=O)Nc1ccc(OC)cc1. The number of anilines is 1. The quantitative estimate of drug-likeness (QED) is 0.610. The van der Waals surface area contributed by atoms with Crippen molar-refractivity contribution in [1.29, 1.82) is 0 Å². The minimum absolute atomic E-state index is 0.0392. The van der Waals surface area contributed by atoms with Crippen molar-refractivity contribution >= 4 is 28.5 Å². The molecule has 29 heavy (non-hydrogen) atoms. The lowest BCUT2D eigenvalue weighted by Crippen LogP contribution is -2.32. The number of ether oxygens (including phenoxy) is 2. The van der Waals surface area contributed by atoms with E-state index in [4.69, 9.17) is 9.47 Å². The van der Waals surface area contributed by atoms with E-state index in [1.54, 1.807) is 31.4 Å². The second-order valence-electron chi connectivity index (χ2n) is 6.54. The molecule has 0 aliphatic heterocycles. The summed E-state index contributed by atoms with van der Waals surface area (Å²) in [5, 5.41) is 5.71. The summed E-state index contributed by atoms with van der Waals surface area (Å²) in [6, 6.07) is 14.3. The van der Waals surface area contributed by atoms with E-state index in [1.165, 1.54) is 7.11 Å². The molecular formula is C21H24N4O4. The molecule has 8 heteroatoms. The summed E-state index contributed by atoms with van der Waals surface area (Å²) in [5.74, 6) is 0.864.